The topological polar surface area (TPSA) is 60.2 Å². The molecule has 0 atom stereocenters. The van der Waals surface area contributed by atoms with Gasteiger partial charge in [0.25, 0.3) is 0 Å². The van der Waals surface area contributed by atoms with Crippen LogP contribution in [0.15, 0.2) is 42.5 Å². The maximum Gasteiger partial charge on any atom is 0.150 e. The standard InChI is InChI=1S/C14H16ClN3O/c15-13-8-7-12(16)14(18-13)17-9-4-10-19-11-5-2-1-3-6-11/h1-3,5-8H,4,9-10,16H2,(H,17,18). The summed E-state index contributed by atoms with van der Waals surface area (Å²) in [5.74, 6) is 1.50. The Morgan fingerprint density at radius 1 is 1.16 bits per heavy atom. The summed E-state index contributed by atoms with van der Waals surface area (Å²) in [6.07, 6.45) is 0.850. The number of hydrogen-bond acceptors (Lipinski definition) is 4. The van der Waals surface area contributed by atoms with Gasteiger partial charge in [0.05, 0.1) is 12.3 Å². The van der Waals surface area contributed by atoms with Crippen LogP contribution in [0.25, 0.3) is 0 Å². The molecule has 0 spiro atoms. The van der Waals surface area contributed by atoms with Crippen molar-refractivity contribution in [1.82, 2.24) is 4.98 Å². The Balaban J connectivity index is 1.71. The number of nitrogens with two attached hydrogens (primary N) is 1. The van der Waals surface area contributed by atoms with Crippen molar-refractivity contribution < 1.29 is 4.74 Å². The zero-order valence-corrected chi connectivity index (χ0v) is 11.2. The van der Waals surface area contributed by atoms with Crippen molar-refractivity contribution in [1.29, 1.82) is 0 Å². The fraction of sp³-hybridized carbons (Fsp3) is 0.214. The lowest BCUT2D eigenvalue weighted by atomic mass is 10.3. The highest BCUT2D eigenvalue weighted by molar-refractivity contribution is 6.29. The van der Waals surface area contributed by atoms with Crippen LogP contribution in [0.5, 0.6) is 5.75 Å². The Labute approximate surface area is 117 Å². The molecule has 0 radical (unpaired) electrons. The summed E-state index contributed by atoms with van der Waals surface area (Å²) in [4.78, 5) is 4.12. The third kappa shape index (κ3) is 4.34. The van der Waals surface area contributed by atoms with E-state index in [-0.39, 0.29) is 0 Å². The number of ether oxygens (including phenoxy) is 1. The van der Waals surface area contributed by atoms with E-state index in [1.165, 1.54) is 0 Å². The first-order valence-corrected chi connectivity index (χ1v) is 6.47. The van der Waals surface area contributed by atoms with Crippen LogP contribution < -0.4 is 15.8 Å². The van der Waals surface area contributed by atoms with E-state index in [1.807, 2.05) is 30.3 Å². The Morgan fingerprint density at radius 3 is 2.74 bits per heavy atom. The van der Waals surface area contributed by atoms with Crippen molar-refractivity contribution in [2.45, 2.75) is 6.42 Å². The molecule has 2 aromatic rings. The highest BCUT2D eigenvalue weighted by Crippen LogP contribution is 2.18. The number of halogens is 1. The van der Waals surface area contributed by atoms with Gasteiger partial charge in [0.1, 0.15) is 10.9 Å². The van der Waals surface area contributed by atoms with Crippen LogP contribution in [0.2, 0.25) is 5.15 Å². The normalized spacial score (nSPS) is 10.2. The Morgan fingerprint density at radius 2 is 1.95 bits per heavy atom. The van der Waals surface area contributed by atoms with Crippen LogP contribution in [-0.4, -0.2) is 18.1 Å². The number of nitrogens with one attached hydrogen (secondary N) is 1. The van der Waals surface area contributed by atoms with Crippen molar-refractivity contribution in [2.75, 3.05) is 24.2 Å². The van der Waals surface area contributed by atoms with Crippen molar-refractivity contribution >= 4 is 23.1 Å². The lowest BCUT2D eigenvalue weighted by molar-refractivity contribution is 0.315. The maximum atomic E-state index is 5.81. The van der Waals surface area contributed by atoms with Crippen LogP contribution in [0.3, 0.4) is 0 Å². The van der Waals surface area contributed by atoms with E-state index in [4.69, 9.17) is 22.1 Å². The summed E-state index contributed by atoms with van der Waals surface area (Å²) in [6.45, 7) is 1.36. The minimum absolute atomic E-state index is 0.428. The minimum Gasteiger partial charge on any atom is -0.494 e. The molecule has 0 amide bonds. The van der Waals surface area contributed by atoms with E-state index >= 15 is 0 Å². The van der Waals surface area contributed by atoms with Crippen LogP contribution >= 0.6 is 11.6 Å². The zero-order chi connectivity index (χ0) is 13.5. The molecule has 19 heavy (non-hydrogen) atoms. The molecule has 0 saturated carbocycles. The van der Waals surface area contributed by atoms with Gasteiger partial charge >= 0.3 is 0 Å². The van der Waals surface area contributed by atoms with Gasteiger partial charge in [-0.1, -0.05) is 29.8 Å². The highest BCUT2D eigenvalue weighted by atomic mass is 35.5. The molecule has 4 nitrogen and oxygen atoms in total. The summed E-state index contributed by atoms with van der Waals surface area (Å²) >= 11 is 5.81. The molecule has 1 aromatic carbocycles. The molecule has 1 aromatic heterocycles. The third-order valence-electron chi connectivity index (χ3n) is 2.52. The lowest BCUT2D eigenvalue weighted by Crippen LogP contribution is -2.09. The van der Waals surface area contributed by atoms with Crippen molar-refractivity contribution in [3.63, 3.8) is 0 Å². The number of para-hydroxylation sites is 1. The number of anilines is 2. The van der Waals surface area contributed by atoms with Crippen molar-refractivity contribution in [3.8, 4) is 5.75 Å². The molecule has 2 rings (SSSR count). The van der Waals surface area contributed by atoms with Gasteiger partial charge in [-0.2, -0.15) is 0 Å². The zero-order valence-electron chi connectivity index (χ0n) is 10.5. The summed E-state index contributed by atoms with van der Waals surface area (Å²) in [7, 11) is 0. The number of nitrogens with zero attached hydrogens (tertiary/aromatic N) is 1. The van der Waals surface area contributed by atoms with E-state index in [0.29, 0.717) is 23.3 Å². The molecule has 0 unspecified atom stereocenters. The summed E-state index contributed by atoms with van der Waals surface area (Å²) in [6, 6.07) is 13.1. The van der Waals surface area contributed by atoms with Gasteiger partial charge in [0, 0.05) is 6.54 Å². The molecular formula is C14H16ClN3O. The predicted molar refractivity (Wildman–Crippen MR) is 78.7 cm³/mol. The van der Waals surface area contributed by atoms with Gasteiger partial charge in [-0.25, -0.2) is 4.98 Å². The van der Waals surface area contributed by atoms with Crippen LogP contribution in [0.1, 0.15) is 6.42 Å². The summed E-state index contributed by atoms with van der Waals surface area (Å²) < 4.78 is 5.58. The molecule has 0 saturated heterocycles. The average molecular weight is 278 g/mol. The largest absolute Gasteiger partial charge is 0.494 e. The number of benzene rings is 1. The number of hydrogen-bond donors (Lipinski definition) is 2. The van der Waals surface area contributed by atoms with Crippen LogP contribution in [-0.2, 0) is 0 Å². The number of pyridine rings is 1. The van der Waals surface area contributed by atoms with Gasteiger partial charge < -0.3 is 15.8 Å². The second kappa shape index (κ2) is 6.85. The van der Waals surface area contributed by atoms with E-state index in [0.717, 1.165) is 18.7 Å². The average Bonchev–Trinajstić information content (AvgIpc) is 2.43. The quantitative estimate of drug-likeness (QED) is 0.629. The minimum atomic E-state index is 0.428. The first-order valence-electron chi connectivity index (χ1n) is 6.09. The monoisotopic (exact) mass is 277 g/mol. The van der Waals surface area contributed by atoms with Crippen LogP contribution in [0.4, 0.5) is 11.5 Å². The van der Waals surface area contributed by atoms with Crippen molar-refractivity contribution in [3.05, 3.63) is 47.6 Å². The molecule has 0 aliphatic carbocycles. The molecular weight excluding hydrogens is 262 g/mol. The fourth-order valence-corrected chi connectivity index (χ4v) is 1.72. The molecule has 1 heterocycles. The second-order valence-electron chi connectivity index (χ2n) is 4.01. The van der Waals surface area contributed by atoms with E-state index in [9.17, 15) is 0 Å². The molecule has 5 heteroatoms. The Bertz CT molecular complexity index is 519. The fourth-order valence-electron chi connectivity index (χ4n) is 1.57. The number of nitrogen functional groups attached to an aromatic ring is 1. The van der Waals surface area contributed by atoms with E-state index in [2.05, 4.69) is 10.3 Å². The van der Waals surface area contributed by atoms with E-state index in [1.54, 1.807) is 12.1 Å². The molecule has 100 valence electrons. The maximum absolute atomic E-state index is 5.81. The summed E-state index contributed by atoms with van der Waals surface area (Å²) in [5, 5.41) is 3.57. The highest BCUT2D eigenvalue weighted by Gasteiger charge is 2.01. The smallest absolute Gasteiger partial charge is 0.150 e. The molecule has 3 N–H and O–H groups in total. The Hall–Kier alpha value is -1.94. The van der Waals surface area contributed by atoms with Gasteiger partial charge in [0.2, 0.25) is 0 Å². The van der Waals surface area contributed by atoms with Gasteiger partial charge in [0.15, 0.2) is 5.82 Å². The van der Waals surface area contributed by atoms with Crippen molar-refractivity contribution in [2.24, 2.45) is 0 Å². The lowest BCUT2D eigenvalue weighted by Gasteiger charge is -2.09. The first kappa shape index (κ1) is 13.5. The molecule has 0 bridgehead atoms. The summed E-state index contributed by atoms with van der Waals surface area (Å²) in [5.41, 5.74) is 6.37. The Kier molecular flexibility index (Phi) is 4.86. The van der Waals surface area contributed by atoms with Crippen LogP contribution in [0, 0.1) is 0 Å². The predicted octanol–water partition coefficient (Wildman–Crippen LogP) is 3.20. The third-order valence-corrected chi connectivity index (χ3v) is 2.73. The number of rotatable bonds is 6. The van der Waals surface area contributed by atoms with E-state index < -0.39 is 0 Å². The van der Waals surface area contributed by atoms with Gasteiger partial charge in [-0.05, 0) is 30.7 Å². The van der Waals surface area contributed by atoms with Gasteiger partial charge in [-0.15, -0.1) is 0 Å². The van der Waals surface area contributed by atoms with Gasteiger partial charge in [-0.3, -0.25) is 0 Å². The first-order chi connectivity index (χ1) is 9.25. The number of aromatic nitrogens is 1. The molecule has 0 fully saturated rings. The molecule has 0 aliphatic heterocycles. The SMILES string of the molecule is Nc1ccc(Cl)nc1NCCCOc1ccccc1. The second-order valence-corrected chi connectivity index (χ2v) is 4.40. The molecule has 0 aliphatic rings.